The molecule has 40 heavy (non-hydrogen) atoms. The Labute approximate surface area is 234 Å². The Morgan fingerprint density at radius 1 is 0.925 bits per heavy atom. The minimum absolute atomic E-state index is 0.0572. The molecule has 2 heterocycles. The highest BCUT2D eigenvalue weighted by Gasteiger charge is 2.10. The molecule has 0 saturated carbocycles. The number of benzene rings is 3. The van der Waals surface area contributed by atoms with Crippen LogP contribution in [0.1, 0.15) is 19.8 Å². The lowest BCUT2D eigenvalue weighted by molar-refractivity contribution is 0.241. The molecular formula is C30H38F2N6O2. The first-order chi connectivity index (χ1) is 19.5. The first kappa shape index (κ1) is 30.4. The Balaban J connectivity index is 0.000000238. The number of piperazine rings is 1. The van der Waals surface area contributed by atoms with Crippen LogP contribution < -0.4 is 25.4 Å². The lowest BCUT2D eigenvalue weighted by Crippen LogP contribution is -2.43. The lowest BCUT2D eigenvalue weighted by Gasteiger charge is -2.29. The molecule has 1 aromatic heterocycles. The van der Waals surface area contributed by atoms with Crippen LogP contribution in [0.5, 0.6) is 11.5 Å². The number of hydrogen-bond donors (Lipinski definition) is 2. The Morgan fingerprint density at radius 3 is 2.25 bits per heavy atom. The number of rotatable bonds is 9. The van der Waals surface area contributed by atoms with E-state index in [4.69, 9.17) is 15.2 Å². The van der Waals surface area contributed by atoms with E-state index in [1.165, 1.54) is 17.8 Å². The van der Waals surface area contributed by atoms with Gasteiger partial charge >= 0.3 is 0 Å². The summed E-state index contributed by atoms with van der Waals surface area (Å²) in [4.78, 5) is 6.13. The van der Waals surface area contributed by atoms with Crippen LogP contribution in [-0.2, 0) is 6.54 Å². The van der Waals surface area contributed by atoms with E-state index < -0.39 is 11.6 Å². The zero-order valence-electron chi connectivity index (χ0n) is 22.9. The van der Waals surface area contributed by atoms with Gasteiger partial charge in [-0.1, -0.05) is 25.1 Å². The Kier molecular flexibility index (Phi) is 13.2. The zero-order chi connectivity index (χ0) is 28.4. The summed E-state index contributed by atoms with van der Waals surface area (Å²) in [6.07, 6.45) is 5.00. The first-order valence-electron chi connectivity index (χ1n) is 13.4. The van der Waals surface area contributed by atoms with Gasteiger partial charge in [0.2, 0.25) is 0 Å². The Morgan fingerprint density at radius 2 is 1.65 bits per heavy atom. The zero-order valence-corrected chi connectivity index (χ0v) is 22.9. The van der Waals surface area contributed by atoms with Crippen molar-refractivity contribution in [2.24, 2.45) is 0 Å². The van der Waals surface area contributed by atoms with Gasteiger partial charge in [-0.3, -0.25) is 4.68 Å². The fourth-order valence-electron chi connectivity index (χ4n) is 3.73. The van der Waals surface area contributed by atoms with Gasteiger partial charge in [-0.15, -0.1) is 0 Å². The smallest absolute Gasteiger partial charge is 0.167 e. The van der Waals surface area contributed by atoms with Crippen molar-refractivity contribution < 1.29 is 18.3 Å². The molecule has 0 aliphatic carbocycles. The molecule has 0 unspecified atom stereocenters. The van der Waals surface area contributed by atoms with Gasteiger partial charge < -0.3 is 25.4 Å². The monoisotopic (exact) mass is 552 g/mol. The quantitative estimate of drug-likeness (QED) is 0.218. The standard InChI is InChI=1S/C19H22F2N2O2.C6H7N.C5H9N3/c20-15-2-7-19(18(21)14-15)25-13-1-12-24-17-5-3-16(4-6-17)23-10-8-22-9-11-23;7-6-4-2-1-3-5-6;1-2-3-8-5-6-4-7-8/h2-7,14,22H,1,8-13H2;1-5H,7H2;4-5H,2-3H2,1H3. The van der Waals surface area contributed by atoms with Gasteiger partial charge in [0.05, 0.1) is 13.2 Å². The Hall–Kier alpha value is -4.18. The summed E-state index contributed by atoms with van der Waals surface area (Å²) in [5.41, 5.74) is 7.38. The molecule has 1 aliphatic rings. The SMILES string of the molecule is CCCn1cncn1.Fc1ccc(OCCCOc2ccc(N3CCNCC3)cc2)c(F)c1.Nc1ccccc1. The summed E-state index contributed by atoms with van der Waals surface area (Å²) in [5.74, 6) is -0.449. The van der Waals surface area contributed by atoms with Crippen molar-refractivity contribution >= 4 is 11.4 Å². The molecule has 1 fully saturated rings. The van der Waals surface area contributed by atoms with Gasteiger partial charge in [0.15, 0.2) is 11.6 Å². The molecule has 3 aromatic carbocycles. The van der Waals surface area contributed by atoms with Crippen molar-refractivity contribution in [2.75, 3.05) is 50.0 Å². The van der Waals surface area contributed by atoms with E-state index in [1.54, 1.807) is 12.7 Å². The second-order valence-electron chi connectivity index (χ2n) is 8.93. The molecule has 1 saturated heterocycles. The topological polar surface area (TPSA) is 90.5 Å². The third-order valence-corrected chi connectivity index (χ3v) is 5.75. The molecule has 1 aliphatic heterocycles. The average molecular weight is 553 g/mol. The maximum Gasteiger partial charge on any atom is 0.167 e. The largest absolute Gasteiger partial charge is 0.493 e. The van der Waals surface area contributed by atoms with Gasteiger partial charge in [0.25, 0.3) is 0 Å². The molecule has 8 nitrogen and oxygen atoms in total. The third-order valence-electron chi connectivity index (χ3n) is 5.75. The number of nitrogens with zero attached hydrogens (tertiary/aromatic N) is 4. The summed E-state index contributed by atoms with van der Waals surface area (Å²) in [6, 6.07) is 20.8. The van der Waals surface area contributed by atoms with E-state index in [2.05, 4.69) is 39.4 Å². The first-order valence-corrected chi connectivity index (χ1v) is 13.4. The number of aryl methyl sites for hydroxylation is 1. The van der Waals surface area contributed by atoms with Gasteiger partial charge in [-0.2, -0.15) is 5.10 Å². The number of anilines is 2. The predicted octanol–water partition coefficient (Wildman–Crippen LogP) is 5.18. The summed E-state index contributed by atoms with van der Waals surface area (Å²) < 4.78 is 39.0. The fourth-order valence-corrected chi connectivity index (χ4v) is 3.73. The number of halogens is 2. The molecule has 5 rings (SSSR count). The molecule has 0 radical (unpaired) electrons. The van der Waals surface area contributed by atoms with Crippen LogP contribution in [-0.4, -0.2) is 54.2 Å². The minimum atomic E-state index is -0.690. The van der Waals surface area contributed by atoms with Crippen LogP contribution in [0.4, 0.5) is 20.2 Å². The summed E-state index contributed by atoms with van der Waals surface area (Å²) in [5, 5.41) is 7.24. The minimum Gasteiger partial charge on any atom is -0.493 e. The van der Waals surface area contributed by atoms with Crippen LogP contribution in [0.2, 0.25) is 0 Å². The van der Waals surface area contributed by atoms with E-state index in [1.807, 2.05) is 47.1 Å². The molecule has 4 aromatic rings. The third kappa shape index (κ3) is 11.3. The van der Waals surface area contributed by atoms with Gasteiger partial charge in [-0.25, -0.2) is 13.8 Å². The summed E-state index contributed by atoms with van der Waals surface area (Å²) in [7, 11) is 0. The molecule has 10 heteroatoms. The number of nitrogen functional groups attached to an aromatic ring is 1. The number of aromatic nitrogens is 3. The highest BCUT2D eigenvalue weighted by atomic mass is 19.1. The summed E-state index contributed by atoms with van der Waals surface area (Å²) >= 11 is 0. The van der Waals surface area contributed by atoms with Crippen LogP contribution in [0, 0.1) is 11.6 Å². The van der Waals surface area contributed by atoms with Crippen LogP contribution in [0.15, 0.2) is 85.5 Å². The van der Waals surface area contributed by atoms with Crippen LogP contribution >= 0.6 is 0 Å². The maximum absolute atomic E-state index is 13.4. The number of hydrogen-bond acceptors (Lipinski definition) is 7. The van der Waals surface area contributed by atoms with E-state index >= 15 is 0 Å². The highest BCUT2D eigenvalue weighted by Crippen LogP contribution is 2.20. The number of nitrogens with two attached hydrogens (primary N) is 1. The molecule has 3 N–H and O–H groups in total. The van der Waals surface area contributed by atoms with Crippen molar-refractivity contribution in [3.63, 3.8) is 0 Å². The summed E-state index contributed by atoms with van der Waals surface area (Å²) in [6.45, 7) is 7.90. The molecular weight excluding hydrogens is 514 g/mol. The van der Waals surface area contributed by atoms with Crippen molar-refractivity contribution in [1.82, 2.24) is 20.1 Å². The van der Waals surface area contributed by atoms with Gasteiger partial charge in [-0.05, 0) is 55.0 Å². The van der Waals surface area contributed by atoms with E-state index in [0.717, 1.165) is 56.6 Å². The van der Waals surface area contributed by atoms with Crippen molar-refractivity contribution in [2.45, 2.75) is 26.3 Å². The normalized spacial score (nSPS) is 12.4. The second kappa shape index (κ2) is 17.4. The van der Waals surface area contributed by atoms with Crippen molar-refractivity contribution in [1.29, 1.82) is 0 Å². The number of nitrogens with one attached hydrogen (secondary N) is 1. The molecule has 0 spiro atoms. The fraction of sp³-hybridized carbons (Fsp3) is 0.333. The number of para-hydroxylation sites is 1. The molecule has 0 bridgehead atoms. The average Bonchev–Trinajstić information content (AvgIpc) is 3.49. The van der Waals surface area contributed by atoms with E-state index in [0.29, 0.717) is 19.6 Å². The molecule has 0 amide bonds. The maximum atomic E-state index is 13.4. The van der Waals surface area contributed by atoms with E-state index in [-0.39, 0.29) is 5.75 Å². The number of ether oxygens (including phenoxy) is 2. The lowest BCUT2D eigenvalue weighted by atomic mass is 10.2. The van der Waals surface area contributed by atoms with E-state index in [9.17, 15) is 8.78 Å². The molecule has 214 valence electrons. The highest BCUT2D eigenvalue weighted by molar-refractivity contribution is 5.49. The Bertz CT molecular complexity index is 1200. The predicted molar refractivity (Wildman–Crippen MR) is 155 cm³/mol. The second-order valence-corrected chi connectivity index (χ2v) is 8.93. The van der Waals surface area contributed by atoms with Gasteiger partial charge in [0.1, 0.15) is 24.2 Å². The van der Waals surface area contributed by atoms with Crippen molar-refractivity contribution in [3.8, 4) is 11.5 Å². The van der Waals surface area contributed by atoms with Gasteiger partial charge in [0, 0.05) is 56.6 Å². The molecule has 0 atom stereocenters. The van der Waals surface area contributed by atoms with Crippen molar-refractivity contribution in [3.05, 3.63) is 97.1 Å². The van der Waals surface area contributed by atoms with Crippen LogP contribution in [0.25, 0.3) is 0 Å². The van der Waals surface area contributed by atoms with Crippen LogP contribution in [0.3, 0.4) is 0 Å².